The van der Waals surface area contributed by atoms with Gasteiger partial charge in [0.15, 0.2) is 0 Å². The molecule has 1 aliphatic rings. The fraction of sp³-hybridized carbons (Fsp3) is 0.440. The summed E-state index contributed by atoms with van der Waals surface area (Å²) >= 11 is 0. The van der Waals surface area contributed by atoms with E-state index in [4.69, 9.17) is 9.47 Å². The molecule has 0 saturated heterocycles. The van der Waals surface area contributed by atoms with Crippen LogP contribution in [0.2, 0.25) is 0 Å². The van der Waals surface area contributed by atoms with Crippen LogP contribution in [-0.4, -0.2) is 13.2 Å². The van der Waals surface area contributed by atoms with Gasteiger partial charge in [-0.2, -0.15) is 0 Å². The van der Waals surface area contributed by atoms with Crippen LogP contribution in [0.5, 0.6) is 11.5 Å². The molecule has 0 fully saturated rings. The molecule has 2 aromatic carbocycles. The van der Waals surface area contributed by atoms with Crippen LogP contribution in [0.15, 0.2) is 39.6 Å². The van der Waals surface area contributed by atoms with Gasteiger partial charge in [-0.25, -0.2) is 0 Å². The second-order valence-corrected chi connectivity index (χ2v) is 8.69. The van der Waals surface area contributed by atoms with E-state index in [-0.39, 0.29) is 5.41 Å². The van der Waals surface area contributed by atoms with Crippen molar-refractivity contribution in [1.29, 1.82) is 0 Å². The number of rotatable bonds is 8. The van der Waals surface area contributed by atoms with Crippen molar-refractivity contribution in [1.82, 2.24) is 0 Å². The van der Waals surface area contributed by atoms with E-state index >= 15 is 0 Å². The molecule has 2 aromatic rings. The van der Waals surface area contributed by atoms with E-state index in [1.165, 1.54) is 0 Å². The third-order valence-electron chi connectivity index (χ3n) is 5.07. The molecule has 0 atom stereocenters. The third kappa shape index (κ3) is 4.50. The highest BCUT2D eigenvalue weighted by Gasteiger charge is 2.27. The Balaban J connectivity index is 2.06. The first-order chi connectivity index (χ1) is 14.3. The maximum atomic E-state index is 12.3. The predicted octanol–water partition coefficient (Wildman–Crippen LogP) is 5.15. The Morgan fingerprint density at radius 3 is 2.53 bits per heavy atom. The number of unbranched alkanes of at least 4 members (excludes halogenated alkanes) is 1. The minimum atomic E-state index is -0.449. The molecule has 0 amide bonds. The molecule has 1 aliphatic heterocycles. The first kappa shape index (κ1) is 21.9. The van der Waals surface area contributed by atoms with Gasteiger partial charge in [-0.05, 0) is 48.8 Å². The smallest absolute Gasteiger partial charge is 0.250 e. The van der Waals surface area contributed by atoms with Gasteiger partial charge in [0.1, 0.15) is 17.3 Å². The molecule has 1 heterocycles. The van der Waals surface area contributed by atoms with Gasteiger partial charge in [0.05, 0.1) is 17.9 Å². The highest BCUT2D eigenvalue weighted by Crippen LogP contribution is 2.42. The third-order valence-corrected chi connectivity index (χ3v) is 5.07. The van der Waals surface area contributed by atoms with Crippen molar-refractivity contribution >= 4 is 17.3 Å². The number of benzene rings is 1. The van der Waals surface area contributed by atoms with E-state index in [2.05, 4.69) is 33.0 Å². The van der Waals surface area contributed by atoms with Crippen LogP contribution in [-0.2, 0) is 0 Å². The molecule has 0 bridgehead atoms. The Morgan fingerprint density at radius 2 is 1.87 bits per heavy atom. The van der Waals surface area contributed by atoms with E-state index < -0.39 is 10.9 Å². The van der Waals surface area contributed by atoms with E-state index in [1.54, 1.807) is 6.08 Å². The van der Waals surface area contributed by atoms with Crippen molar-refractivity contribution in [2.75, 3.05) is 18.5 Å². The Hall–Kier alpha value is -2.82. The van der Waals surface area contributed by atoms with Gasteiger partial charge in [-0.3, -0.25) is 9.59 Å². The van der Waals surface area contributed by atoms with E-state index in [0.29, 0.717) is 24.4 Å². The van der Waals surface area contributed by atoms with Gasteiger partial charge in [0.25, 0.3) is 0 Å². The van der Waals surface area contributed by atoms with Gasteiger partial charge in [-0.1, -0.05) is 41.0 Å². The van der Waals surface area contributed by atoms with Crippen LogP contribution in [0.3, 0.4) is 0 Å². The fourth-order valence-electron chi connectivity index (χ4n) is 3.23. The highest BCUT2D eigenvalue weighted by molar-refractivity contribution is 5.94. The summed E-state index contributed by atoms with van der Waals surface area (Å²) in [4.78, 5) is 24.3. The second kappa shape index (κ2) is 8.90. The molecule has 30 heavy (non-hydrogen) atoms. The molecule has 160 valence electrons. The summed E-state index contributed by atoms with van der Waals surface area (Å²) in [7, 11) is 0. The van der Waals surface area contributed by atoms with Gasteiger partial charge >= 0.3 is 0 Å². The topological polar surface area (TPSA) is 64.6 Å². The molecule has 1 N–H and O–H groups in total. The molecule has 3 rings (SSSR count). The average Bonchev–Trinajstić information content (AvgIpc) is 2.72. The summed E-state index contributed by atoms with van der Waals surface area (Å²) in [5.41, 5.74) is 1.43. The molecule has 5 heteroatoms. The standard InChI is InChI=1S/C25H31NO4/c1-6-8-12-29-17-9-10-20-18(15-17)16(14-21(30-20)25(3,4)5)13-19-22(26-11-7-2)24(28)23(19)27/h9-10,13-15,26H,6-8,11-12H2,1-5H3. The van der Waals surface area contributed by atoms with Crippen molar-refractivity contribution < 1.29 is 9.47 Å². The summed E-state index contributed by atoms with van der Waals surface area (Å²) < 4.78 is 12.0. The zero-order valence-electron chi connectivity index (χ0n) is 18.6. The van der Waals surface area contributed by atoms with Crippen LogP contribution in [0.25, 0.3) is 11.6 Å². The van der Waals surface area contributed by atoms with E-state index in [0.717, 1.165) is 47.7 Å². The number of ether oxygens (including phenoxy) is 2. The zero-order chi connectivity index (χ0) is 21.9. The number of fused-ring (bicyclic) bond motifs is 1. The number of hydrogen-bond acceptors (Lipinski definition) is 5. The Morgan fingerprint density at radius 1 is 1.10 bits per heavy atom. The van der Waals surface area contributed by atoms with Crippen molar-refractivity contribution in [3.63, 3.8) is 0 Å². The Bertz CT molecular complexity index is 1050. The number of anilines is 1. The molecule has 0 radical (unpaired) electrons. The predicted molar refractivity (Wildman–Crippen MR) is 123 cm³/mol. The lowest BCUT2D eigenvalue weighted by atomic mass is 9.88. The minimum Gasteiger partial charge on any atom is -0.494 e. The molecule has 0 aromatic heterocycles. The van der Waals surface area contributed by atoms with Gasteiger partial charge < -0.3 is 14.8 Å². The van der Waals surface area contributed by atoms with E-state index in [1.807, 2.05) is 31.2 Å². The average molecular weight is 410 g/mol. The number of nitrogens with one attached hydrogen (secondary N) is 1. The van der Waals surface area contributed by atoms with Crippen LogP contribution in [0, 0.1) is 5.41 Å². The van der Waals surface area contributed by atoms with Gasteiger partial charge in [0.2, 0.25) is 10.9 Å². The van der Waals surface area contributed by atoms with Crippen molar-refractivity contribution in [2.45, 2.75) is 53.9 Å². The molecule has 0 saturated carbocycles. The monoisotopic (exact) mass is 409 g/mol. The summed E-state index contributed by atoms with van der Waals surface area (Å²) in [6.45, 7) is 11.7. The maximum Gasteiger partial charge on any atom is 0.250 e. The van der Waals surface area contributed by atoms with Crippen LogP contribution in [0.1, 0.15) is 65.0 Å². The molecule has 0 aliphatic carbocycles. The lowest BCUT2D eigenvalue weighted by Crippen LogP contribution is -2.37. The van der Waals surface area contributed by atoms with Gasteiger partial charge in [0, 0.05) is 17.5 Å². The van der Waals surface area contributed by atoms with Gasteiger partial charge in [-0.15, -0.1) is 0 Å². The molecule has 0 spiro atoms. The Labute approximate surface area is 178 Å². The lowest BCUT2D eigenvalue weighted by Gasteiger charge is -2.29. The Kier molecular flexibility index (Phi) is 6.49. The fourth-order valence-corrected chi connectivity index (χ4v) is 3.23. The summed E-state index contributed by atoms with van der Waals surface area (Å²) in [6.07, 6.45) is 6.68. The molecular weight excluding hydrogens is 378 g/mol. The summed E-state index contributed by atoms with van der Waals surface area (Å²) in [5.74, 6) is 2.29. The second-order valence-electron chi connectivity index (χ2n) is 8.69. The highest BCUT2D eigenvalue weighted by atomic mass is 16.5. The molecule has 5 nitrogen and oxygen atoms in total. The van der Waals surface area contributed by atoms with Crippen molar-refractivity contribution in [2.24, 2.45) is 5.41 Å². The number of hydrogen-bond donors (Lipinski definition) is 1. The first-order valence-electron chi connectivity index (χ1n) is 10.7. The number of allylic oxidation sites excluding steroid dienone is 3. The molecule has 0 unspecified atom stereocenters. The summed E-state index contributed by atoms with van der Waals surface area (Å²) in [5, 5.41) is 3.09. The van der Waals surface area contributed by atoms with E-state index in [9.17, 15) is 9.59 Å². The van der Waals surface area contributed by atoms with Crippen molar-refractivity contribution in [3.05, 3.63) is 61.6 Å². The molecular formula is C25H31NO4. The summed E-state index contributed by atoms with van der Waals surface area (Å²) in [6, 6.07) is 5.75. The van der Waals surface area contributed by atoms with Crippen LogP contribution >= 0.6 is 0 Å². The van der Waals surface area contributed by atoms with Crippen LogP contribution in [0.4, 0.5) is 5.69 Å². The minimum absolute atomic E-state index is 0.204. The normalized spacial score (nSPS) is 15.0. The van der Waals surface area contributed by atoms with Crippen molar-refractivity contribution in [3.8, 4) is 11.5 Å². The van der Waals surface area contributed by atoms with Crippen LogP contribution < -0.4 is 25.6 Å². The first-order valence-corrected chi connectivity index (χ1v) is 10.7. The zero-order valence-corrected chi connectivity index (χ0v) is 18.6. The lowest BCUT2D eigenvalue weighted by molar-refractivity contribution is 0.288. The maximum absolute atomic E-state index is 12.3. The SMILES string of the molecule is CCCCOc1ccc2c(c1)C(=Cc1c(NCCC)c(=O)c1=O)C=C(C(C)(C)C)O2. The largest absolute Gasteiger partial charge is 0.494 e. The quantitative estimate of drug-likeness (QED) is 0.483.